The maximum atomic E-state index is 12.8. The molecule has 30 heavy (non-hydrogen) atoms. The Morgan fingerprint density at radius 3 is 2.13 bits per heavy atom. The number of nitrogen functional groups attached to an aromatic ring is 1. The number of piperazine rings is 2. The molecule has 2 aromatic rings. The van der Waals surface area contributed by atoms with Gasteiger partial charge in [-0.3, -0.25) is 14.6 Å². The summed E-state index contributed by atoms with van der Waals surface area (Å²) in [6, 6.07) is 19.1. The van der Waals surface area contributed by atoms with Gasteiger partial charge < -0.3 is 15.5 Å². The second-order valence-electron chi connectivity index (χ2n) is 8.36. The number of anilines is 2. The molecule has 2 aliphatic rings. The summed E-state index contributed by atoms with van der Waals surface area (Å²) < 4.78 is 0. The highest BCUT2D eigenvalue weighted by Crippen LogP contribution is 2.22. The van der Waals surface area contributed by atoms with Crippen molar-refractivity contribution in [3.05, 3.63) is 60.2 Å². The first-order chi connectivity index (χ1) is 14.6. The van der Waals surface area contributed by atoms with Crippen molar-refractivity contribution < 1.29 is 4.79 Å². The highest BCUT2D eigenvalue weighted by atomic mass is 16.2. The van der Waals surface area contributed by atoms with Crippen LogP contribution >= 0.6 is 0 Å². The first kappa shape index (κ1) is 20.7. The van der Waals surface area contributed by atoms with Crippen molar-refractivity contribution in [1.29, 1.82) is 0 Å². The lowest BCUT2D eigenvalue weighted by atomic mass is 10.1. The third-order valence-corrected chi connectivity index (χ3v) is 6.49. The molecule has 2 N–H and O–H groups in total. The predicted molar refractivity (Wildman–Crippen MR) is 123 cm³/mol. The van der Waals surface area contributed by atoms with Crippen LogP contribution in [-0.4, -0.2) is 79.5 Å². The van der Waals surface area contributed by atoms with Gasteiger partial charge in [-0.15, -0.1) is 0 Å². The molecule has 1 atom stereocenters. The molecule has 2 aliphatic heterocycles. The minimum Gasteiger partial charge on any atom is -0.399 e. The van der Waals surface area contributed by atoms with Crippen molar-refractivity contribution in [3.8, 4) is 0 Å². The van der Waals surface area contributed by atoms with E-state index in [-0.39, 0.29) is 5.91 Å². The number of carbonyl (C=O) groups is 1. The van der Waals surface area contributed by atoms with Crippen LogP contribution in [0.3, 0.4) is 0 Å². The summed E-state index contributed by atoms with van der Waals surface area (Å²) in [6.45, 7) is 10.0. The van der Waals surface area contributed by atoms with E-state index in [0.717, 1.165) is 58.0 Å². The molecule has 0 bridgehead atoms. The fraction of sp³-hybridized carbons (Fsp3) is 0.458. The van der Waals surface area contributed by atoms with E-state index in [0.29, 0.717) is 12.6 Å². The van der Waals surface area contributed by atoms with Crippen LogP contribution in [0.2, 0.25) is 0 Å². The van der Waals surface area contributed by atoms with Crippen LogP contribution in [0.5, 0.6) is 0 Å². The normalized spacial score (nSPS) is 19.6. The Bertz CT molecular complexity index is 809. The monoisotopic (exact) mass is 407 g/mol. The van der Waals surface area contributed by atoms with Crippen molar-refractivity contribution in [1.82, 2.24) is 14.7 Å². The topological polar surface area (TPSA) is 56.0 Å². The van der Waals surface area contributed by atoms with Gasteiger partial charge in [-0.05, 0) is 36.8 Å². The molecule has 1 amide bonds. The number of rotatable bonds is 5. The molecule has 0 spiro atoms. The lowest BCUT2D eigenvalue weighted by Crippen LogP contribution is -2.54. The van der Waals surface area contributed by atoms with Crippen LogP contribution in [0.25, 0.3) is 0 Å². The van der Waals surface area contributed by atoms with E-state index in [1.807, 2.05) is 17.0 Å². The van der Waals surface area contributed by atoms with Gasteiger partial charge >= 0.3 is 0 Å². The minimum atomic E-state index is 0.267. The maximum absolute atomic E-state index is 12.8. The quantitative estimate of drug-likeness (QED) is 0.771. The Morgan fingerprint density at radius 1 is 0.867 bits per heavy atom. The largest absolute Gasteiger partial charge is 0.399 e. The average molecular weight is 408 g/mol. The number of amides is 1. The number of hydrogen-bond donors (Lipinski definition) is 1. The van der Waals surface area contributed by atoms with Gasteiger partial charge in [0.1, 0.15) is 0 Å². The van der Waals surface area contributed by atoms with E-state index in [2.05, 4.69) is 64.1 Å². The molecule has 6 heteroatoms. The highest BCUT2D eigenvalue weighted by molar-refractivity contribution is 5.78. The first-order valence-electron chi connectivity index (χ1n) is 11.0. The zero-order valence-corrected chi connectivity index (χ0v) is 17.9. The number of benzene rings is 2. The zero-order chi connectivity index (χ0) is 20.9. The van der Waals surface area contributed by atoms with Crippen LogP contribution in [0.1, 0.15) is 18.5 Å². The van der Waals surface area contributed by atoms with E-state index in [1.54, 1.807) is 0 Å². The fourth-order valence-corrected chi connectivity index (χ4v) is 4.44. The number of carbonyl (C=O) groups excluding carboxylic acids is 1. The first-order valence-corrected chi connectivity index (χ1v) is 11.0. The number of nitrogens with zero attached hydrogens (tertiary/aromatic N) is 4. The molecular formula is C24H33N5O. The summed E-state index contributed by atoms with van der Waals surface area (Å²) >= 11 is 0. The van der Waals surface area contributed by atoms with E-state index in [4.69, 9.17) is 5.73 Å². The Hall–Kier alpha value is -2.57. The van der Waals surface area contributed by atoms with Crippen molar-refractivity contribution in [2.75, 3.05) is 69.5 Å². The Labute approximate surface area is 179 Å². The van der Waals surface area contributed by atoms with Crippen molar-refractivity contribution in [2.45, 2.75) is 13.0 Å². The van der Waals surface area contributed by atoms with Crippen LogP contribution in [0, 0.1) is 0 Å². The van der Waals surface area contributed by atoms with E-state index in [1.165, 1.54) is 11.3 Å². The van der Waals surface area contributed by atoms with Crippen LogP contribution < -0.4 is 10.6 Å². The highest BCUT2D eigenvalue weighted by Gasteiger charge is 2.26. The Kier molecular flexibility index (Phi) is 6.55. The van der Waals surface area contributed by atoms with Gasteiger partial charge in [-0.2, -0.15) is 0 Å². The lowest BCUT2D eigenvalue weighted by molar-refractivity contribution is -0.134. The van der Waals surface area contributed by atoms with Gasteiger partial charge in [-0.1, -0.05) is 30.3 Å². The molecule has 2 fully saturated rings. The van der Waals surface area contributed by atoms with Gasteiger partial charge in [-0.25, -0.2) is 0 Å². The molecule has 2 aromatic carbocycles. The Balaban J connectivity index is 1.21. The van der Waals surface area contributed by atoms with E-state index >= 15 is 0 Å². The maximum Gasteiger partial charge on any atom is 0.236 e. The van der Waals surface area contributed by atoms with Gasteiger partial charge in [0.05, 0.1) is 6.54 Å². The average Bonchev–Trinajstić information content (AvgIpc) is 2.80. The molecular weight excluding hydrogens is 374 g/mol. The van der Waals surface area contributed by atoms with Crippen molar-refractivity contribution >= 4 is 17.3 Å². The predicted octanol–water partition coefficient (Wildman–Crippen LogP) is 2.30. The molecule has 160 valence electrons. The summed E-state index contributed by atoms with van der Waals surface area (Å²) in [6.07, 6.45) is 0. The smallest absolute Gasteiger partial charge is 0.236 e. The molecule has 1 unspecified atom stereocenters. The molecule has 0 aromatic heterocycles. The zero-order valence-electron chi connectivity index (χ0n) is 17.9. The fourth-order valence-electron chi connectivity index (χ4n) is 4.44. The molecule has 2 heterocycles. The molecule has 2 saturated heterocycles. The van der Waals surface area contributed by atoms with Gasteiger partial charge in [0.25, 0.3) is 0 Å². The van der Waals surface area contributed by atoms with E-state index < -0.39 is 0 Å². The SMILES string of the molecule is CC(c1ccccc1)N1CCN(C(=O)CN2CCN(c3ccc(N)cc3)CC2)CC1. The lowest BCUT2D eigenvalue weighted by Gasteiger charge is -2.40. The summed E-state index contributed by atoms with van der Waals surface area (Å²) in [7, 11) is 0. The van der Waals surface area contributed by atoms with Crippen LogP contribution in [0.15, 0.2) is 54.6 Å². The summed E-state index contributed by atoms with van der Waals surface area (Å²) in [4.78, 5) is 22.0. The molecule has 0 aliphatic carbocycles. The number of nitrogens with two attached hydrogens (primary N) is 1. The standard InChI is InChI=1S/C24H33N5O/c1-20(21-5-3-2-4-6-21)27-15-17-29(18-16-27)24(30)19-26-11-13-28(14-12-26)23-9-7-22(25)8-10-23/h2-10,20H,11-19,25H2,1H3. The van der Waals surface area contributed by atoms with Gasteiger partial charge in [0.2, 0.25) is 5.91 Å². The van der Waals surface area contributed by atoms with Crippen molar-refractivity contribution in [3.63, 3.8) is 0 Å². The minimum absolute atomic E-state index is 0.267. The van der Waals surface area contributed by atoms with Crippen LogP contribution in [-0.2, 0) is 4.79 Å². The molecule has 0 radical (unpaired) electrons. The number of hydrogen-bond acceptors (Lipinski definition) is 5. The summed E-state index contributed by atoms with van der Waals surface area (Å²) in [5, 5.41) is 0. The second-order valence-corrected chi connectivity index (χ2v) is 8.36. The van der Waals surface area contributed by atoms with Gasteiger partial charge in [0.15, 0.2) is 0 Å². The second kappa shape index (κ2) is 9.49. The molecule has 4 rings (SSSR count). The summed E-state index contributed by atoms with van der Waals surface area (Å²) in [5.74, 6) is 0.267. The van der Waals surface area contributed by atoms with Crippen LogP contribution in [0.4, 0.5) is 11.4 Å². The van der Waals surface area contributed by atoms with Crippen molar-refractivity contribution in [2.24, 2.45) is 0 Å². The molecule has 0 saturated carbocycles. The third-order valence-electron chi connectivity index (χ3n) is 6.49. The molecule has 6 nitrogen and oxygen atoms in total. The van der Waals surface area contributed by atoms with Gasteiger partial charge in [0, 0.05) is 69.8 Å². The summed E-state index contributed by atoms with van der Waals surface area (Å²) in [5.41, 5.74) is 9.13. The van der Waals surface area contributed by atoms with E-state index in [9.17, 15) is 4.79 Å². The Morgan fingerprint density at radius 2 is 1.50 bits per heavy atom. The third kappa shape index (κ3) is 4.94.